The van der Waals surface area contributed by atoms with E-state index in [0.29, 0.717) is 0 Å². The molecule has 1 nitrogen and oxygen atoms in total. The molecule has 0 aliphatic heterocycles. The Morgan fingerprint density at radius 2 is 1.00 bits per heavy atom. The van der Waals surface area contributed by atoms with Crippen molar-refractivity contribution in [2.75, 3.05) is 0 Å². The molecule has 0 amide bonds. The van der Waals surface area contributed by atoms with Crippen LogP contribution in [0.15, 0.2) is 12.2 Å². The van der Waals surface area contributed by atoms with Gasteiger partial charge in [-0.05, 0) is 46.0 Å². The van der Waals surface area contributed by atoms with Crippen molar-refractivity contribution in [3.05, 3.63) is 12.2 Å². The highest BCUT2D eigenvalue weighted by Gasteiger charge is 2.08. The lowest BCUT2D eigenvalue weighted by atomic mass is 9.97. The molecule has 0 atom stereocenters. The third-order valence-electron chi connectivity index (χ3n) is 4.58. The van der Waals surface area contributed by atoms with Gasteiger partial charge in [0.15, 0.2) is 0 Å². The SMILES string of the molecule is CCCCCCCCC=CCCCCCCCCCC(C)(C)N.Cl. The van der Waals surface area contributed by atoms with Crippen molar-refractivity contribution in [3.63, 3.8) is 0 Å². The van der Waals surface area contributed by atoms with Crippen LogP contribution in [0.25, 0.3) is 0 Å². The minimum absolute atomic E-state index is 0. The van der Waals surface area contributed by atoms with Gasteiger partial charge in [0.1, 0.15) is 0 Å². The Bertz CT molecular complexity index is 255. The summed E-state index contributed by atoms with van der Waals surface area (Å²) in [6.07, 6.45) is 26.7. The summed E-state index contributed by atoms with van der Waals surface area (Å²) in [5.74, 6) is 0. The van der Waals surface area contributed by atoms with E-state index in [9.17, 15) is 0 Å². The maximum absolute atomic E-state index is 6.00. The predicted molar refractivity (Wildman–Crippen MR) is 114 cm³/mol. The first kappa shape index (κ1) is 26.2. The van der Waals surface area contributed by atoms with Crippen molar-refractivity contribution < 1.29 is 0 Å². The van der Waals surface area contributed by atoms with Gasteiger partial charge in [-0.1, -0.05) is 89.7 Å². The monoisotopic (exact) mass is 359 g/mol. The molecule has 0 spiro atoms. The van der Waals surface area contributed by atoms with Crippen LogP contribution >= 0.6 is 12.4 Å². The van der Waals surface area contributed by atoms with E-state index in [-0.39, 0.29) is 17.9 Å². The Morgan fingerprint density at radius 3 is 1.42 bits per heavy atom. The minimum atomic E-state index is 0. The van der Waals surface area contributed by atoms with Crippen LogP contribution < -0.4 is 5.73 Å². The Kier molecular flexibility index (Phi) is 21.1. The Hall–Kier alpha value is -0.0100. The molecule has 0 heterocycles. The van der Waals surface area contributed by atoms with Crippen molar-refractivity contribution in [2.45, 2.75) is 129 Å². The summed E-state index contributed by atoms with van der Waals surface area (Å²) in [7, 11) is 0. The average molecular weight is 360 g/mol. The number of hydrogen-bond donors (Lipinski definition) is 1. The maximum atomic E-state index is 6.00. The summed E-state index contributed by atoms with van der Waals surface area (Å²) in [4.78, 5) is 0. The molecule has 2 N–H and O–H groups in total. The van der Waals surface area contributed by atoms with E-state index in [1.807, 2.05) is 0 Å². The Morgan fingerprint density at radius 1 is 0.625 bits per heavy atom. The second-order valence-electron chi connectivity index (χ2n) is 8.03. The van der Waals surface area contributed by atoms with Gasteiger partial charge in [0, 0.05) is 5.54 Å². The highest BCUT2D eigenvalue weighted by atomic mass is 35.5. The first-order valence-electron chi connectivity index (χ1n) is 10.5. The van der Waals surface area contributed by atoms with Gasteiger partial charge < -0.3 is 5.73 Å². The van der Waals surface area contributed by atoms with Crippen LogP contribution in [0.3, 0.4) is 0 Å². The molecule has 0 aromatic rings. The molecule has 0 rings (SSSR count). The van der Waals surface area contributed by atoms with Crippen LogP contribution in [0.1, 0.15) is 124 Å². The minimum Gasteiger partial charge on any atom is -0.326 e. The van der Waals surface area contributed by atoms with Gasteiger partial charge in [-0.3, -0.25) is 0 Å². The number of nitrogens with two attached hydrogens (primary N) is 1. The summed E-state index contributed by atoms with van der Waals surface area (Å²) < 4.78 is 0. The largest absolute Gasteiger partial charge is 0.326 e. The van der Waals surface area contributed by atoms with Crippen molar-refractivity contribution in [1.82, 2.24) is 0 Å². The molecular weight excluding hydrogens is 314 g/mol. The lowest BCUT2D eigenvalue weighted by Crippen LogP contribution is -2.31. The number of rotatable bonds is 17. The Balaban J connectivity index is 0. The molecule has 0 aliphatic rings. The van der Waals surface area contributed by atoms with Crippen LogP contribution in [0.4, 0.5) is 0 Å². The molecule has 2 heteroatoms. The van der Waals surface area contributed by atoms with Crippen LogP contribution in [0, 0.1) is 0 Å². The first-order valence-corrected chi connectivity index (χ1v) is 10.5. The highest BCUT2D eigenvalue weighted by Crippen LogP contribution is 2.14. The zero-order valence-corrected chi connectivity index (χ0v) is 17.8. The lowest BCUT2D eigenvalue weighted by Gasteiger charge is -2.17. The summed E-state index contributed by atoms with van der Waals surface area (Å²) in [6.45, 7) is 6.55. The first-order chi connectivity index (χ1) is 11.1. The quantitative estimate of drug-likeness (QED) is 0.207. The van der Waals surface area contributed by atoms with Crippen molar-refractivity contribution in [1.29, 1.82) is 0 Å². The zero-order chi connectivity index (χ0) is 17.2. The van der Waals surface area contributed by atoms with E-state index in [1.165, 1.54) is 96.3 Å². The standard InChI is InChI=1S/C22H45N.ClH/c1-4-5-6-7-8-9-10-11-12-13-14-15-16-17-18-19-20-21-22(2,3)23;/h11-12H,4-10,13-21,23H2,1-3H3;1H. The van der Waals surface area contributed by atoms with Gasteiger partial charge in [-0.2, -0.15) is 0 Å². The van der Waals surface area contributed by atoms with E-state index < -0.39 is 0 Å². The van der Waals surface area contributed by atoms with Gasteiger partial charge in [0.05, 0.1) is 0 Å². The molecule has 24 heavy (non-hydrogen) atoms. The number of halogens is 1. The van der Waals surface area contributed by atoms with E-state index in [1.54, 1.807) is 0 Å². The third-order valence-corrected chi connectivity index (χ3v) is 4.58. The fourth-order valence-electron chi connectivity index (χ4n) is 3.00. The molecule has 0 fully saturated rings. The number of unbranched alkanes of at least 4 members (excludes halogenated alkanes) is 13. The van der Waals surface area contributed by atoms with Gasteiger partial charge in [-0.15, -0.1) is 12.4 Å². The number of allylic oxidation sites excluding steroid dienone is 2. The van der Waals surface area contributed by atoms with Crippen LogP contribution in [-0.4, -0.2) is 5.54 Å². The molecule has 0 saturated carbocycles. The third kappa shape index (κ3) is 24.2. The summed E-state index contributed by atoms with van der Waals surface area (Å²) >= 11 is 0. The highest BCUT2D eigenvalue weighted by molar-refractivity contribution is 5.85. The van der Waals surface area contributed by atoms with Crippen LogP contribution in [0.5, 0.6) is 0 Å². The molecule has 0 unspecified atom stereocenters. The van der Waals surface area contributed by atoms with E-state index in [4.69, 9.17) is 5.73 Å². The van der Waals surface area contributed by atoms with Gasteiger partial charge in [0.25, 0.3) is 0 Å². The second-order valence-corrected chi connectivity index (χ2v) is 8.03. The van der Waals surface area contributed by atoms with Gasteiger partial charge >= 0.3 is 0 Å². The molecule has 0 radical (unpaired) electrons. The molecule has 0 aliphatic carbocycles. The topological polar surface area (TPSA) is 26.0 Å². The molecular formula is C22H46ClN. The van der Waals surface area contributed by atoms with Gasteiger partial charge in [0.2, 0.25) is 0 Å². The Labute approximate surface area is 159 Å². The van der Waals surface area contributed by atoms with E-state index in [2.05, 4.69) is 32.9 Å². The van der Waals surface area contributed by atoms with Gasteiger partial charge in [-0.25, -0.2) is 0 Å². The van der Waals surface area contributed by atoms with Crippen LogP contribution in [0.2, 0.25) is 0 Å². The normalized spacial score (nSPS) is 11.8. The van der Waals surface area contributed by atoms with Crippen molar-refractivity contribution >= 4 is 12.4 Å². The molecule has 0 aromatic carbocycles. The summed E-state index contributed by atoms with van der Waals surface area (Å²) in [5.41, 5.74) is 6.03. The molecule has 0 bridgehead atoms. The number of hydrogen-bond acceptors (Lipinski definition) is 1. The average Bonchev–Trinajstić information content (AvgIpc) is 2.49. The fraction of sp³-hybridized carbons (Fsp3) is 0.909. The smallest absolute Gasteiger partial charge is 0.00970 e. The summed E-state index contributed by atoms with van der Waals surface area (Å²) in [6, 6.07) is 0. The summed E-state index contributed by atoms with van der Waals surface area (Å²) in [5, 5.41) is 0. The van der Waals surface area contributed by atoms with E-state index >= 15 is 0 Å². The molecule has 146 valence electrons. The molecule has 0 saturated heterocycles. The van der Waals surface area contributed by atoms with Crippen LogP contribution in [-0.2, 0) is 0 Å². The fourth-order valence-corrected chi connectivity index (χ4v) is 3.00. The van der Waals surface area contributed by atoms with E-state index in [0.717, 1.165) is 6.42 Å². The molecule has 0 aromatic heterocycles. The van der Waals surface area contributed by atoms with Crippen molar-refractivity contribution in [2.24, 2.45) is 5.73 Å². The van der Waals surface area contributed by atoms with Crippen molar-refractivity contribution in [3.8, 4) is 0 Å². The maximum Gasteiger partial charge on any atom is 0.00970 e. The lowest BCUT2D eigenvalue weighted by molar-refractivity contribution is 0.440. The second kappa shape index (κ2) is 19.3. The predicted octanol–water partition coefficient (Wildman–Crippen LogP) is 7.96. The zero-order valence-electron chi connectivity index (χ0n) is 17.0.